The number of aryl methyl sites for hydroxylation is 1. The first kappa shape index (κ1) is 11.2. The van der Waals surface area contributed by atoms with E-state index in [1.54, 1.807) is 13.0 Å². The SMILES string of the molecule is Cc1cc(CNCC(=O)NC(N)=O)no1. The molecule has 0 fully saturated rings. The van der Waals surface area contributed by atoms with E-state index in [4.69, 9.17) is 10.3 Å². The number of aromatic nitrogens is 1. The molecule has 1 rings (SSSR count). The number of carbonyl (C=O) groups excluding carboxylic acids is 2. The normalized spacial score (nSPS) is 9.93. The van der Waals surface area contributed by atoms with Gasteiger partial charge in [0.05, 0.1) is 12.2 Å². The molecule has 82 valence electrons. The average molecular weight is 212 g/mol. The summed E-state index contributed by atoms with van der Waals surface area (Å²) >= 11 is 0. The van der Waals surface area contributed by atoms with Crippen molar-refractivity contribution in [1.82, 2.24) is 15.8 Å². The Hall–Kier alpha value is -1.89. The maximum atomic E-state index is 10.9. The summed E-state index contributed by atoms with van der Waals surface area (Å²) in [6.45, 7) is 2.16. The number of nitrogens with zero attached hydrogens (tertiary/aromatic N) is 1. The molecule has 0 bridgehead atoms. The molecule has 7 nitrogen and oxygen atoms in total. The first-order valence-corrected chi connectivity index (χ1v) is 4.30. The van der Waals surface area contributed by atoms with Crippen LogP contribution in [0.1, 0.15) is 11.5 Å². The second-order valence-electron chi connectivity index (χ2n) is 2.94. The predicted octanol–water partition coefficient (Wildman–Crippen LogP) is -0.732. The third kappa shape index (κ3) is 4.23. The summed E-state index contributed by atoms with van der Waals surface area (Å²) in [7, 11) is 0. The zero-order chi connectivity index (χ0) is 11.3. The van der Waals surface area contributed by atoms with Crippen LogP contribution in [0.3, 0.4) is 0 Å². The van der Waals surface area contributed by atoms with Crippen LogP contribution in [0.2, 0.25) is 0 Å². The minimum Gasteiger partial charge on any atom is -0.361 e. The highest BCUT2D eigenvalue weighted by atomic mass is 16.5. The van der Waals surface area contributed by atoms with Crippen molar-refractivity contribution < 1.29 is 14.1 Å². The van der Waals surface area contributed by atoms with E-state index in [1.165, 1.54) is 0 Å². The van der Waals surface area contributed by atoms with Crippen LogP contribution in [0.4, 0.5) is 4.79 Å². The monoisotopic (exact) mass is 212 g/mol. The van der Waals surface area contributed by atoms with Crippen molar-refractivity contribution >= 4 is 11.9 Å². The molecule has 3 amide bonds. The van der Waals surface area contributed by atoms with Crippen LogP contribution in [0.25, 0.3) is 0 Å². The van der Waals surface area contributed by atoms with Crippen molar-refractivity contribution in [2.24, 2.45) is 5.73 Å². The molecule has 0 radical (unpaired) electrons. The van der Waals surface area contributed by atoms with Crippen molar-refractivity contribution in [3.05, 3.63) is 17.5 Å². The second kappa shape index (κ2) is 5.11. The molecule has 1 aromatic heterocycles. The number of hydrogen-bond donors (Lipinski definition) is 3. The van der Waals surface area contributed by atoms with E-state index in [0.29, 0.717) is 18.0 Å². The van der Waals surface area contributed by atoms with Crippen LogP contribution in [-0.2, 0) is 11.3 Å². The van der Waals surface area contributed by atoms with Crippen molar-refractivity contribution in [2.75, 3.05) is 6.54 Å². The zero-order valence-electron chi connectivity index (χ0n) is 8.24. The van der Waals surface area contributed by atoms with Crippen molar-refractivity contribution in [3.8, 4) is 0 Å². The van der Waals surface area contributed by atoms with E-state index in [2.05, 4.69) is 10.5 Å². The van der Waals surface area contributed by atoms with Gasteiger partial charge in [-0.15, -0.1) is 0 Å². The lowest BCUT2D eigenvalue weighted by Crippen LogP contribution is -2.40. The highest BCUT2D eigenvalue weighted by Gasteiger charge is 2.04. The van der Waals surface area contributed by atoms with Crippen LogP contribution < -0.4 is 16.4 Å². The molecule has 0 aliphatic rings. The van der Waals surface area contributed by atoms with Gasteiger partial charge in [-0.1, -0.05) is 5.16 Å². The second-order valence-corrected chi connectivity index (χ2v) is 2.94. The summed E-state index contributed by atoms with van der Waals surface area (Å²) < 4.78 is 4.82. The number of rotatable bonds is 4. The maximum absolute atomic E-state index is 10.9. The molecular weight excluding hydrogens is 200 g/mol. The van der Waals surface area contributed by atoms with Crippen LogP contribution >= 0.6 is 0 Å². The van der Waals surface area contributed by atoms with Gasteiger partial charge in [0, 0.05) is 12.6 Å². The molecule has 7 heteroatoms. The highest BCUT2D eigenvalue weighted by molar-refractivity contribution is 5.94. The van der Waals surface area contributed by atoms with E-state index in [-0.39, 0.29) is 6.54 Å². The molecule has 0 spiro atoms. The van der Waals surface area contributed by atoms with Crippen LogP contribution in [0, 0.1) is 6.92 Å². The first-order valence-electron chi connectivity index (χ1n) is 4.30. The molecule has 0 aliphatic heterocycles. The van der Waals surface area contributed by atoms with E-state index in [1.807, 2.05) is 5.32 Å². The molecule has 0 saturated carbocycles. The van der Waals surface area contributed by atoms with Gasteiger partial charge in [0.15, 0.2) is 0 Å². The average Bonchev–Trinajstić information content (AvgIpc) is 2.50. The summed E-state index contributed by atoms with van der Waals surface area (Å²) in [6, 6.07) is 0.887. The quantitative estimate of drug-likeness (QED) is 0.609. The molecule has 0 saturated heterocycles. The number of carbonyl (C=O) groups is 2. The largest absolute Gasteiger partial charge is 0.361 e. The van der Waals surface area contributed by atoms with Gasteiger partial charge in [-0.05, 0) is 6.92 Å². The maximum Gasteiger partial charge on any atom is 0.318 e. The number of amides is 3. The van der Waals surface area contributed by atoms with Gasteiger partial charge in [0.1, 0.15) is 5.76 Å². The Balaban J connectivity index is 2.22. The van der Waals surface area contributed by atoms with Gasteiger partial charge < -0.3 is 15.6 Å². The van der Waals surface area contributed by atoms with Crippen LogP contribution in [0.5, 0.6) is 0 Å². The Labute approximate surface area is 86.0 Å². The molecule has 15 heavy (non-hydrogen) atoms. The molecule has 0 aromatic carbocycles. The predicted molar refractivity (Wildman–Crippen MR) is 50.7 cm³/mol. The summed E-state index contributed by atoms with van der Waals surface area (Å²) in [5, 5.41) is 8.42. The summed E-state index contributed by atoms with van der Waals surface area (Å²) in [4.78, 5) is 21.2. The lowest BCUT2D eigenvalue weighted by molar-refractivity contribution is -0.119. The smallest absolute Gasteiger partial charge is 0.318 e. The van der Waals surface area contributed by atoms with Gasteiger partial charge in [-0.2, -0.15) is 0 Å². The van der Waals surface area contributed by atoms with Crippen LogP contribution in [-0.4, -0.2) is 23.6 Å². The lowest BCUT2D eigenvalue weighted by Gasteiger charge is -2.01. The van der Waals surface area contributed by atoms with Crippen molar-refractivity contribution in [3.63, 3.8) is 0 Å². The molecule has 4 N–H and O–H groups in total. The fraction of sp³-hybridized carbons (Fsp3) is 0.375. The van der Waals surface area contributed by atoms with Crippen molar-refractivity contribution in [2.45, 2.75) is 13.5 Å². The summed E-state index contributed by atoms with van der Waals surface area (Å²) in [5.74, 6) is 0.219. The van der Waals surface area contributed by atoms with E-state index in [0.717, 1.165) is 0 Å². The first-order chi connectivity index (χ1) is 7.08. The Bertz CT molecular complexity index is 361. The number of imide groups is 1. The standard InChI is InChI=1S/C8H12N4O3/c1-5-2-6(12-15-5)3-10-4-7(13)11-8(9)14/h2,10H,3-4H2,1H3,(H3,9,11,13,14). The van der Waals surface area contributed by atoms with Gasteiger partial charge in [-0.3, -0.25) is 10.1 Å². The van der Waals surface area contributed by atoms with Gasteiger partial charge in [0.2, 0.25) is 5.91 Å². The Morgan fingerprint density at radius 1 is 1.60 bits per heavy atom. The van der Waals surface area contributed by atoms with Gasteiger partial charge in [0.25, 0.3) is 0 Å². The molecule has 0 atom stereocenters. The summed E-state index contributed by atoms with van der Waals surface area (Å²) in [6.07, 6.45) is 0. The molecular formula is C8H12N4O3. The molecule has 0 unspecified atom stereocenters. The van der Waals surface area contributed by atoms with Gasteiger partial charge >= 0.3 is 6.03 Å². The third-order valence-corrected chi connectivity index (χ3v) is 1.53. The zero-order valence-corrected chi connectivity index (χ0v) is 8.24. The topological polar surface area (TPSA) is 110 Å². The fourth-order valence-corrected chi connectivity index (χ4v) is 0.987. The van der Waals surface area contributed by atoms with Gasteiger partial charge in [-0.25, -0.2) is 4.79 Å². The molecule has 0 aliphatic carbocycles. The number of hydrogen-bond acceptors (Lipinski definition) is 5. The number of primary amides is 1. The summed E-state index contributed by atoms with van der Waals surface area (Å²) in [5.41, 5.74) is 5.45. The van der Waals surface area contributed by atoms with E-state index < -0.39 is 11.9 Å². The molecule has 1 aromatic rings. The third-order valence-electron chi connectivity index (χ3n) is 1.53. The van der Waals surface area contributed by atoms with Crippen molar-refractivity contribution in [1.29, 1.82) is 0 Å². The number of nitrogens with one attached hydrogen (secondary N) is 2. The minimum atomic E-state index is -0.862. The Kier molecular flexibility index (Phi) is 3.81. The van der Waals surface area contributed by atoms with Crippen LogP contribution in [0.15, 0.2) is 10.6 Å². The lowest BCUT2D eigenvalue weighted by atomic mass is 10.4. The number of urea groups is 1. The Morgan fingerprint density at radius 3 is 2.87 bits per heavy atom. The minimum absolute atomic E-state index is 0.00511. The number of nitrogens with two attached hydrogens (primary N) is 1. The fourth-order valence-electron chi connectivity index (χ4n) is 0.987. The van der Waals surface area contributed by atoms with E-state index in [9.17, 15) is 9.59 Å². The Morgan fingerprint density at radius 2 is 2.33 bits per heavy atom. The van der Waals surface area contributed by atoms with E-state index >= 15 is 0 Å². The highest BCUT2D eigenvalue weighted by Crippen LogP contribution is 1.99. The molecule has 1 heterocycles.